The van der Waals surface area contributed by atoms with Crippen LogP contribution in [0.4, 0.5) is 17.5 Å². The largest absolute Gasteiger partial charge is 0.394 e. The number of nitrogens with zero attached hydrogens (tertiary/aromatic N) is 3. The lowest BCUT2D eigenvalue weighted by molar-refractivity contribution is 0.646. The van der Waals surface area contributed by atoms with Gasteiger partial charge in [-0.15, -0.1) is 0 Å². The molecule has 0 spiro atoms. The van der Waals surface area contributed by atoms with E-state index >= 15 is 0 Å². The first kappa shape index (κ1) is 11.3. The van der Waals surface area contributed by atoms with Crippen LogP contribution >= 0.6 is 0 Å². The summed E-state index contributed by atoms with van der Waals surface area (Å²) in [6.45, 7) is 8.74. The Balaban J connectivity index is 3.00. The summed E-state index contributed by atoms with van der Waals surface area (Å²) in [6.07, 6.45) is 3.20. The summed E-state index contributed by atoms with van der Waals surface area (Å²) >= 11 is 0. The van der Waals surface area contributed by atoms with Gasteiger partial charge < -0.3 is 16.4 Å². The molecule has 1 aromatic rings. The van der Waals surface area contributed by atoms with E-state index in [2.05, 4.69) is 30.4 Å². The first-order valence-electron chi connectivity index (χ1n) is 4.81. The number of anilines is 3. The van der Waals surface area contributed by atoms with Gasteiger partial charge in [-0.1, -0.05) is 20.4 Å². The van der Waals surface area contributed by atoms with Crippen molar-refractivity contribution in [1.29, 1.82) is 0 Å². The van der Waals surface area contributed by atoms with Crippen LogP contribution in [0.1, 0.15) is 13.8 Å². The van der Waals surface area contributed by atoms with Crippen molar-refractivity contribution < 1.29 is 0 Å². The number of hydrogen-bond acceptors (Lipinski definition) is 5. The second-order valence-electron chi connectivity index (χ2n) is 3.74. The first-order valence-corrected chi connectivity index (χ1v) is 4.81. The molecule has 0 fully saturated rings. The average molecular weight is 207 g/mol. The molecule has 1 rings (SSSR count). The van der Waals surface area contributed by atoms with Crippen LogP contribution in [0.5, 0.6) is 0 Å². The van der Waals surface area contributed by atoms with Crippen molar-refractivity contribution in [2.75, 3.05) is 22.9 Å². The molecule has 0 aromatic carbocycles. The van der Waals surface area contributed by atoms with E-state index in [0.717, 1.165) is 6.54 Å². The molecular weight excluding hydrogens is 190 g/mol. The van der Waals surface area contributed by atoms with Crippen LogP contribution < -0.4 is 16.4 Å². The molecule has 0 bridgehead atoms. The smallest absolute Gasteiger partial charge is 0.222 e. The number of hydrogen-bond donors (Lipinski definition) is 2. The summed E-state index contributed by atoms with van der Waals surface area (Å²) in [5.41, 5.74) is 11.8. The van der Waals surface area contributed by atoms with Crippen molar-refractivity contribution in [2.24, 2.45) is 5.92 Å². The van der Waals surface area contributed by atoms with Crippen molar-refractivity contribution in [3.05, 3.63) is 19.0 Å². The summed E-state index contributed by atoms with van der Waals surface area (Å²) < 4.78 is 0. The summed E-state index contributed by atoms with van der Waals surface area (Å²) in [6, 6.07) is 0. The standard InChI is InChI=1S/C10H17N5/c1-4-15(6-7(2)3)9-8(11)5-13-10(12)14-9/h4-5,7H,1,6,11H2,2-3H3,(H2,12,13,14). The van der Waals surface area contributed by atoms with Gasteiger partial charge in [-0.05, 0) is 12.1 Å². The van der Waals surface area contributed by atoms with Crippen molar-refractivity contribution in [3.63, 3.8) is 0 Å². The quantitative estimate of drug-likeness (QED) is 0.776. The third-order valence-electron chi connectivity index (χ3n) is 1.87. The van der Waals surface area contributed by atoms with E-state index in [4.69, 9.17) is 11.5 Å². The molecule has 5 heteroatoms. The van der Waals surface area contributed by atoms with Crippen LogP contribution in [0.25, 0.3) is 0 Å². The maximum absolute atomic E-state index is 5.77. The summed E-state index contributed by atoms with van der Waals surface area (Å²) in [4.78, 5) is 9.78. The number of nitrogen functional groups attached to an aromatic ring is 2. The second kappa shape index (κ2) is 4.63. The number of rotatable bonds is 4. The fraction of sp³-hybridized carbons (Fsp3) is 0.400. The van der Waals surface area contributed by atoms with E-state index in [9.17, 15) is 0 Å². The fourth-order valence-electron chi connectivity index (χ4n) is 1.27. The van der Waals surface area contributed by atoms with Crippen LogP contribution in [0.2, 0.25) is 0 Å². The molecule has 0 saturated carbocycles. The second-order valence-corrected chi connectivity index (χ2v) is 3.74. The lowest BCUT2D eigenvalue weighted by Crippen LogP contribution is -2.23. The molecule has 0 aliphatic rings. The third-order valence-corrected chi connectivity index (χ3v) is 1.87. The van der Waals surface area contributed by atoms with Crippen LogP contribution in [0, 0.1) is 5.92 Å². The molecule has 1 aromatic heterocycles. The molecule has 0 unspecified atom stereocenters. The first-order chi connectivity index (χ1) is 7.04. The van der Waals surface area contributed by atoms with Gasteiger partial charge in [0.1, 0.15) is 0 Å². The highest BCUT2D eigenvalue weighted by atomic mass is 15.2. The zero-order chi connectivity index (χ0) is 11.4. The van der Waals surface area contributed by atoms with Gasteiger partial charge in [0, 0.05) is 6.54 Å². The predicted molar refractivity (Wildman–Crippen MR) is 63.2 cm³/mol. The van der Waals surface area contributed by atoms with Crippen LogP contribution in [-0.4, -0.2) is 16.5 Å². The molecule has 0 aliphatic heterocycles. The van der Waals surface area contributed by atoms with Gasteiger partial charge in [-0.2, -0.15) is 4.98 Å². The molecule has 0 saturated heterocycles. The topological polar surface area (TPSA) is 81.1 Å². The molecule has 0 aliphatic carbocycles. The summed E-state index contributed by atoms with van der Waals surface area (Å²) in [7, 11) is 0. The van der Waals surface area contributed by atoms with Crippen molar-refractivity contribution in [2.45, 2.75) is 13.8 Å². The maximum atomic E-state index is 5.77. The number of aromatic nitrogens is 2. The van der Waals surface area contributed by atoms with Gasteiger partial charge in [-0.3, -0.25) is 0 Å². The van der Waals surface area contributed by atoms with Crippen LogP contribution in [0.3, 0.4) is 0 Å². The van der Waals surface area contributed by atoms with E-state index in [1.54, 1.807) is 6.20 Å². The SMILES string of the molecule is C=CN(CC(C)C)c1nc(N)ncc1N. The maximum Gasteiger partial charge on any atom is 0.222 e. The van der Waals surface area contributed by atoms with Crippen LogP contribution in [-0.2, 0) is 0 Å². The minimum atomic E-state index is 0.217. The van der Waals surface area contributed by atoms with Crippen LogP contribution in [0.15, 0.2) is 19.0 Å². The predicted octanol–water partition coefficient (Wildman–Crippen LogP) is 1.25. The lowest BCUT2D eigenvalue weighted by atomic mass is 10.2. The molecule has 0 radical (unpaired) electrons. The normalized spacial score (nSPS) is 10.3. The lowest BCUT2D eigenvalue weighted by Gasteiger charge is -2.22. The van der Waals surface area contributed by atoms with Gasteiger partial charge in [0.2, 0.25) is 5.95 Å². The monoisotopic (exact) mass is 207 g/mol. The Hall–Kier alpha value is -1.78. The van der Waals surface area contributed by atoms with Gasteiger partial charge in [0.25, 0.3) is 0 Å². The highest BCUT2D eigenvalue weighted by Crippen LogP contribution is 2.21. The van der Waals surface area contributed by atoms with E-state index < -0.39 is 0 Å². The van der Waals surface area contributed by atoms with Gasteiger partial charge >= 0.3 is 0 Å². The van der Waals surface area contributed by atoms with Gasteiger partial charge in [-0.25, -0.2) is 4.98 Å². The molecule has 4 N–H and O–H groups in total. The highest BCUT2D eigenvalue weighted by molar-refractivity contribution is 5.64. The van der Waals surface area contributed by atoms with Crippen molar-refractivity contribution in [3.8, 4) is 0 Å². The van der Waals surface area contributed by atoms with E-state index in [-0.39, 0.29) is 5.95 Å². The zero-order valence-electron chi connectivity index (χ0n) is 9.14. The van der Waals surface area contributed by atoms with Gasteiger partial charge in [0.15, 0.2) is 5.82 Å². The Kier molecular flexibility index (Phi) is 3.49. The van der Waals surface area contributed by atoms with Gasteiger partial charge in [0.05, 0.1) is 11.9 Å². The highest BCUT2D eigenvalue weighted by Gasteiger charge is 2.11. The molecule has 5 nitrogen and oxygen atoms in total. The minimum Gasteiger partial charge on any atom is -0.394 e. The molecule has 1 heterocycles. The Labute approximate surface area is 89.8 Å². The Morgan fingerprint density at radius 1 is 1.53 bits per heavy atom. The van der Waals surface area contributed by atoms with E-state index in [1.807, 2.05) is 4.90 Å². The minimum absolute atomic E-state index is 0.217. The summed E-state index contributed by atoms with van der Waals surface area (Å²) in [5.74, 6) is 1.32. The molecule has 0 atom stereocenters. The Morgan fingerprint density at radius 2 is 2.20 bits per heavy atom. The van der Waals surface area contributed by atoms with Crippen molar-refractivity contribution in [1.82, 2.24) is 9.97 Å². The summed E-state index contributed by atoms with van der Waals surface area (Å²) in [5, 5.41) is 0. The number of nitrogens with two attached hydrogens (primary N) is 2. The van der Waals surface area contributed by atoms with E-state index in [0.29, 0.717) is 17.4 Å². The average Bonchev–Trinajstić information content (AvgIpc) is 2.18. The molecule has 82 valence electrons. The zero-order valence-corrected chi connectivity index (χ0v) is 9.14. The van der Waals surface area contributed by atoms with Crippen molar-refractivity contribution >= 4 is 17.5 Å². The molecule has 0 amide bonds. The molecular formula is C10H17N5. The Morgan fingerprint density at radius 3 is 2.73 bits per heavy atom. The molecule has 15 heavy (non-hydrogen) atoms. The Bertz CT molecular complexity index is 348. The third kappa shape index (κ3) is 2.83. The van der Waals surface area contributed by atoms with E-state index in [1.165, 1.54) is 6.20 Å². The fourth-order valence-corrected chi connectivity index (χ4v) is 1.27.